The molecule has 1 aromatic carbocycles. The Morgan fingerprint density at radius 3 is 1.94 bits per heavy atom. The predicted molar refractivity (Wildman–Crippen MR) is 112 cm³/mol. The number of carbonyl (C=O) groups is 4. The van der Waals surface area contributed by atoms with E-state index < -0.39 is 78.7 Å². The molecule has 1 aliphatic heterocycles. The first-order chi connectivity index (χ1) is 16.2. The van der Waals surface area contributed by atoms with Crippen LogP contribution in [0.4, 0.5) is 13.2 Å². The maximum absolute atomic E-state index is 13.6. The van der Waals surface area contributed by atoms with Crippen LogP contribution in [0.1, 0.15) is 33.3 Å². The van der Waals surface area contributed by atoms with Crippen molar-refractivity contribution in [3.8, 4) is 5.75 Å². The second kappa shape index (κ2) is 11.7. The summed E-state index contributed by atoms with van der Waals surface area (Å²) in [5.41, 5.74) is -1.18. The summed E-state index contributed by atoms with van der Waals surface area (Å²) in [6.45, 7) is 3.58. The average molecular weight is 571 g/mol. The van der Waals surface area contributed by atoms with Gasteiger partial charge in [0.1, 0.15) is 18.5 Å². The molecule has 5 atom stereocenters. The third-order valence-electron chi connectivity index (χ3n) is 4.44. The molecule has 0 spiro atoms. The molecule has 194 valence electrons. The van der Waals surface area contributed by atoms with E-state index in [-0.39, 0.29) is 4.47 Å². The van der Waals surface area contributed by atoms with Crippen LogP contribution in [0.2, 0.25) is 0 Å². The SMILES string of the molecule is CC(=O)OC[C@H]1O[C@H](Oc2ccc(Br)cc2C(F)(F)F)[C@@H](OC(C)=O)[C@H](OC(C)=O)[C@H]1OC(C)=O. The largest absolute Gasteiger partial charge is 0.463 e. The molecule has 0 saturated carbocycles. The minimum absolute atomic E-state index is 0.110. The number of rotatable bonds is 7. The van der Waals surface area contributed by atoms with E-state index >= 15 is 0 Å². The third-order valence-corrected chi connectivity index (χ3v) is 4.93. The van der Waals surface area contributed by atoms with Crippen molar-refractivity contribution in [3.63, 3.8) is 0 Å². The zero-order valence-corrected chi connectivity index (χ0v) is 20.5. The fourth-order valence-electron chi connectivity index (χ4n) is 3.24. The van der Waals surface area contributed by atoms with Gasteiger partial charge in [0.25, 0.3) is 0 Å². The van der Waals surface area contributed by atoms with E-state index in [1.165, 1.54) is 6.07 Å². The van der Waals surface area contributed by atoms with Gasteiger partial charge in [-0.05, 0) is 18.2 Å². The number of hydrogen-bond acceptors (Lipinski definition) is 10. The van der Waals surface area contributed by atoms with Gasteiger partial charge in [0.2, 0.25) is 12.4 Å². The zero-order chi connectivity index (χ0) is 26.5. The molecule has 0 aromatic heterocycles. The van der Waals surface area contributed by atoms with Gasteiger partial charge in [-0.1, -0.05) is 15.9 Å². The molecule has 0 radical (unpaired) electrons. The first-order valence-electron chi connectivity index (χ1n) is 10.0. The number of halogens is 4. The number of esters is 4. The van der Waals surface area contributed by atoms with Crippen molar-refractivity contribution in [2.24, 2.45) is 0 Å². The molecule has 0 N–H and O–H groups in total. The summed E-state index contributed by atoms with van der Waals surface area (Å²) < 4.78 is 72.6. The lowest BCUT2D eigenvalue weighted by Gasteiger charge is -2.44. The average Bonchev–Trinajstić information content (AvgIpc) is 2.70. The molecule has 0 amide bonds. The van der Waals surface area contributed by atoms with Crippen LogP contribution >= 0.6 is 15.9 Å². The van der Waals surface area contributed by atoms with Gasteiger partial charge in [0, 0.05) is 32.2 Å². The second-order valence-corrected chi connectivity index (χ2v) is 8.24. The van der Waals surface area contributed by atoms with Gasteiger partial charge in [0.05, 0.1) is 5.56 Å². The highest BCUT2D eigenvalue weighted by atomic mass is 79.9. The minimum atomic E-state index is -4.84. The molecule has 0 aliphatic carbocycles. The Kier molecular flexibility index (Phi) is 9.49. The molecule has 1 aliphatic rings. The molecule has 0 bridgehead atoms. The van der Waals surface area contributed by atoms with Crippen LogP contribution in [0.15, 0.2) is 22.7 Å². The van der Waals surface area contributed by atoms with Crippen molar-refractivity contribution in [2.45, 2.75) is 64.6 Å². The maximum atomic E-state index is 13.6. The van der Waals surface area contributed by atoms with Crippen LogP contribution in [-0.2, 0) is 49.0 Å². The fraction of sp³-hybridized carbons (Fsp3) is 0.524. The highest BCUT2D eigenvalue weighted by Crippen LogP contribution is 2.40. The molecule has 14 heteroatoms. The Morgan fingerprint density at radius 2 is 1.43 bits per heavy atom. The van der Waals surface area contributed by atoms with E-state index in [4.69, 9.17) is 28.4 Å². The summed E-state index contributed by atoms with van der Waals surface area (Å²) in [5, 5.41) is 0. The Labute approximate surface area is 206 Å². The van der Waals surface area contributed by atoms with Gasteiger partial charge < -0.3 is 28.4 Å². The molecule has 0 unspecified atom stereocenters. The number of hydrogen-bond donors (Lipinski definition) is 0. The third kappa shape index (κ3) is 8.09. The van der Waals surface area contributed by atoms with Gasteiger partial charge in [-0.2, -0.15) is 13.2 Å². The van der Waals surface area contributed by atoms with Crippen LogP contribution in [0.25, 0.3) is 0 Å². The van der Waals surface area contributed by atoms with Crippen molar-refractivity contribution < 1.29 is 60.8 Å². The van der Waals surface area contributed by atoms with E-state index in [0.29, 0.717) is 0 Å². The lowest BCUT2D eigenvalue weighted by molar-refractivity contribution is -0.289. The molecule has 35 heavy (non-hydrogen) atoms. The summed E-state index contributed by atoms with van der Waals surface area (Å²) in [6, 6.07) is 3.04. The monoisotopic (exact) mass is 570 g/mol. The van der Waals surface area contributed by atoms with Crippen molar-refractivity contribution in [1.82, 2.24) is 0 Å². The van der Waals surface area contributed by atoms with Gasteiger partial charge in [-0.15, -0.1) is 0 Å². The van der Waals surface area contributed by atoms with Crippen LogP contribution in [0, 0.1) is 0 Å². The van der Waals surface area contributed by atoms with E-state index in [1.807, 2.05) is 0 Å². The molecular weight excluding hydrogens is 549 g/mol. The second-order valence-electron chi connectivity index (χ2n) is 7.32. The topological polar surface area (TPSA) is 124 Å². The smallest absolute Gasteiger partial charge is 0.420 e. The minimum Gasteiger partial charge on any atom is -0.463 e. The number of carbonyl (C=O) groups excluding carboxylic acids is 4. The molecule has 10 nitrogen and oxygen atoms in total. The Bertz CT molecular complexity index is 967. The molecule has 1 fully saturated rings. The molecule has 2 rings (SSSR count). The molecule has 1 saturated heterocycles. The standard InChI is InChI=1S/C21H22BrF3O10/c1-9(26)30-8-16-17(31-10(2)27)18(32-11(3)28)19(33-12(4)29)20(35-16)34-15-6-5-13(22)7-14(15)21(23,24)25/h5-7,16-20H,8H2,1-4H3/t16-,17+,18-,19+,20+/m1/s1. The Hall–Kier alpha value is -2.87. The number of benzene rings is 1. The lowest BCUT2D eigenvalue weighted by atomic mass is 9.98. The van der Waals surface area contributed by atoms with E-state index in [1.54, 1.807) is 0 Å². The van der Waals surface area contributed by atoms with Crippen LogP contribution in [0.5, 0.6) is 5.75 Å². The van der Waals surface area contributed by atoms with Crippen LogP contribution in [-0.4, -0.2) is 61.2 Å². The summed E-state index contributed by atoms with van der Waals surface area (Å²) in [6.07, 6.45) is -12.7. The molecule has 1 aromatic rings. The zero-order valence-electron chi connectivity index (χ0n) is 18.9. The van der Waals surface area contributed by atoms with Gasteiger partial charge in [-0.3, -0.25) is 19.2 Å². The van der Waals surface area contributed by atoms with E-state index in [0.717, 1.165) is 39.8 Å². The molecule has 1 heterocycles. The summed E-state index contributed by atoms with van der Waals surface area (Å²) in [4.78, 5) is 46.7. The quantitative estimate of drug-likeness (QED) is 0.357. The summed E-state index contributed by atoms with van der Waals surface area (Å²) >= 11 is 2.96. The molecular formula is C21H22BrF3O10. The normalized spacial score (nSPS) is 24.2. The predicted octanol–water partition coefficient (Wildman–Crippen LogP) is 2.93. The highest BCUT2D eigenvalue weighted by Gasteiger charge is 2.53. The van der Waals surface area contributed by atoms with Crippen molar-refractivity contribution in [3.05, 3.63) is 28.2 Å². The summed E-state index contributed by atoms with van der Waals surface area (Å²) in [5.74, 6) is -4.10. The van der Waals surface area contributed by atoms with Gasteiger partial charge >= 0.3 is 30.1 Å². The number of ether oxygens (including phenoxy) is 6. The van der Waals surface area contributed by atoms with Crippen molar-refractivity contribution >= 4 is 39.8 Å². The van der Waals surface area contributed by atoms with Crippen LogP contribution in [0.3, 0.4) is 0 Å². The lowest BCUT2D eigenvalue weighted by Crippen LogP contribution is -2.63. The maximum Gasteiger partial charge on any atom is 0.420 e. The number of alkyl halides is 3. The summed E-state index contributed by atoms with van der Waals surface area (Å²) in [7, 11) is 0. The highest BCUT2D eigenvalue weighted by molar-refractivity contribution is 9.10. The van der Waals surface area contributed by atoms with Gasteiger partial charge in [-0.25, -0.2) is 0 Å². The van der Waals surface area contributed by atoms with Crippen molar-refractivity contribution in [2.75, 3.05) is 6.61 Å². The Balaban J connectivity index is 2.56. The first kappa shape index (κ1) is 28.4. The van der Waals surface area contributed by atoms with E-state index in [9.17, 15) is 32.3 Å². The first-order valence-corrected chi connectivity index (χ1v) is 10.8. The van der Waals surface area contributed by atoms with Crippen LogP contribution < -0.4 is 4.74 Å². The van der Waals surface area contributed by atoms with Gasteiger partial charge in [0.15, 0.2) is 12.2 Å². The fourth-order valence-corrected chi connectivity index (χ4v) is 3.60. The Morgan fingerprint density at radius 1 is 0.886 bits per heavy atom. The van der Waals surface area contributed by atoms with E-state index in [2.05, 4.69) is 15.9 Å². The van der Waals surface area contributed by atoms with Crippen molar-refractivity contribution in [1.29, 1.82) is 0 Å².